The van der Waals surface area contributed by atoms with Gasteiger partial charge in [-0.3, -0.25) is 4.90 Å². The molecule has 4 heteroatoms. The molecule has 2 aromatic rings. The molecule has 110 valence electrons. The van der Waals surface area contributed by atoms with E-state index in [1.54, 1.807) is 6.07 Å². The van der Waals surface area contributed by atoms with Gasteiger partial charge in [-0.1, -0.05) is 32.0 Å². The van der Waals surface area contributed by atoms with E-state index >= 15 is 0 Å². The van der Waals surface area contributed by atoms with Gasteiger partial charge in [0.1, 0.15) is 11.8 Å². The maximum atomic E-state index is 8.76. The monoisotopic (exact) mass is 283 g/mol. The summed E-state index contributed by atoms with van der Waals surface area (Å²) in [4.78, 5) is 2.38. The first-order valence-electron chi connectivity index (χ1n) is 7.29. The summed E-state index contributed by atoms with van der Waals surface area (Å²) < 4.78 is 5.38. The molecule has 0 atom stereocenters. The summed E-state index contributed by atoms with van der Waals surface area (Å²) in [5.41, 5.74) is 2.38. The zero-order valence-corrected chi connectivity index (χ0v) is 12.6. The van der Waals surface area contributed by atoms with Crippen LogP contribution in [0.2, 0.25) is 0 Å². The van der Waals surface area contributed by atoms with Crippen molar-refractivity contribution in [2.24, 2.45) is 0 Å². The molecule has 21 heavy (non-hydrogen) atoms. The van der Waals surface area contributed by atoms with E-state index in [-0.39, 0.29) is 0 Å². The maximum absolute atomic E-state index is 8.76. The van der Waals surface area contributed by atoms with E-state index in [0.29, 0.717) is 12.3 Å². The number of furan rings is 1. The van der Waals surface area contributed by atoms with Crippen molar-refractivity contribution < 1.29 is 4.42 Å². The molecule has 0 radical (unpaired) electrons. The number of rotatable bonds is 7. The van der Waals surface area contributed by atoms with Crippen LogP contribution in [0.4, 0.5) is 5.69 Å². The number of nitrogens with zero attached hydrogens (tertiary/aromatic N) is 2. The summed E-state index contributed by atoms with van der Waals surface area (Å²) in [5, 5.41) is 12.2. The predicted octanol–water partition coefficient (Wildman–Crippen LogP) is 3.61. The first-order valence-corrected chi connectivity index (χ1v) is 7.29. The summed E-state index contributed by atoms with van der Waals surface area (Å²) in [5.74, 6) is 1.12. The average molecular weight is 283 g/mol. The highest BCUT2D eigenvalue weighted by Crippen LogP contribution is 2.18. The zero-order valence-electron chi connectivity index (χ0n) is 12.6. The lowest BCUT2D eigenvalue weighted by Crippen LogP contribution is -2.22. The Bertz CT molecular complexity index is 608. The number of nitrogens with one attached hydrogen (secondary N) is 1. The van der Waals surface area contributed by atoms with Crippen LogP contribution in [0.25, 0.3) is 0 Å². The Labute approximate surface area is 126 Å². The summed E-state index contributed by atoms with van der Waals surface area (Å²) in [6.07, 6.45) is 0. The third-order valence-corrected chi connectivity index (χ3v) is 3.53. The van der Waals surface area contributed by atoms with Gasteiger partial charge in [-0.05, 0) is 36.9 Å². The van der Waals surface area contributed by atoms with Crippen LogP contribution in [0.5, 0.6) is 0 Å². The van der Waals surface area contributed by atoms with Crippen LogP contribution in [0.3, 0.4) is 0 Å². The van der Waals surface area contributed by atoms with Crippen molar-refractivity contribution in [3.63, 3.8) is 0 Å². The molecule has 0 bridgehead atoms. The number of anilines is 1. The Kier molecular flexibility index (Phi) is 5.42. The van der Waals surface area contributed by atoms with Crippen molar-refractivity contribution in [3.8, 4) is 6.07 Å². The minimum Gasteiger partial charge on any atom is -0.449 e. The summed E-state index contributed by atoms with van der Waals surface area (Å²) >= 11 is 0. The van der Waals surface area contributed by atoms with E-state index in [1.807, 2.05) is 18.2 Å². The lowest BCUT2D eigenvalue weighted by atomic mass is 10.1. The zero-order chi connectivity index (χ0) is 15.1. The van der Waals surface area contributed by atoms with E-state index in [2.05, 4.69) is 42.3 Å². The molecule has 0 spiro atoms. The van der Waals surface area contributed by atoms with E-state index < -0.39 is 0 Å². The minimum atomic E-state index is 0.350. The van der Waals surface area contributed by atoms with Crippen LogP contribution in [0.1, 0.15) is 30.9 Å². The van der Waals surface area contributed by atoms with Gasteiger partial charge in [0.25, 0.3) is 0 Å². The molecule has 0 aliphatic carbocycles. The maximum Gasteiger partial charge on any atom is 0.203 e. The van der Waals surface area contributed by atoms with Gasteiger partial charge in [-0.25, -0.2) is 0 Å². The molecule has 0 fully saturated rings. The Morgan fingerprint density at radius 3 is 2.57 bits per heavy atom. The Morgan fingerprint density at radius 1 is 1.14 bits per heavy atom. The molecule has 0 saturated carbocycles. The largest absolute Gasteiger partial charge is 0.449 e. The standard InChI is InChI=1S/C17H21N3O/c1-3-20(4-2)13-14-7-5-6-8-17(14)19-12-16-10-9-15(11-18)21-16/h5-10,19H,3-4,12-13H2,1-2H3. The summed E-state index contributed by atoms with van der Waals surface area (Å²) in [6, 6.07) is 13.8. The first kappa shape index (κ1) is 15.1. The smallest absolute Gasteiger partial charge is 0.203 e. The van der Waals surface area contributed by atoms with Gasteiger partial charge < -0.3 is 9.73 Å². The Hall–Kier alpha value is -2.25. The van der Waals surface area contributed by atoms with E-state index in [4.69, 9.17) is 9.68 Å². The molecule has 2 rings (SSSR count). The second-order valence-electron chi connectivity index (χ2n) is 4.85. The van der Waals surface area contributed by atoms with Crippen molar-refractivity contribution in [2.45, 2.75) is 26.9 Å². The normalized spacial score (nSPS) is 10.6. The second kappa shape index (κ2) is 7.51. The molecule has 0 aliphatic rings. The minimum absolute atomic E-state index is 0.350. The van der Waals surface area contributed by atoms with Crippen molar-refractivity contribution in [1.29, 1.82) is 5.26 Å². The fourth-order valence-electron chi connectivity index (χ4n) is 2.23. The SMILES string of the molecule is CCN(CC)Cc1ccccc1NCc1ccc(C#N)o1. The Morgan fingerprint density at radius 2 is 1.90 bits per heavy atom. The van der Waals surface area contributed by atoms with E-state index in [0.717, 1.165) is 31.1 Å². The average Bonchev–Trinajstić information content (AvgIpc) is 2.99. The van der Waals surface area contributed by atoms with E-state index in [9.17, 15) is 0 Å². The fourth-order valence-corrected chi connectivity index (χ4v) is 2.23. The van der Waals surface area contributed by atoms with Gasteiger partial charge in [-0.2, -0.15) is 5.26 Å². The van der Waals surface area contributed by atoms with Gasteiger partial charge in [0, 0.05) is 12.2 Å². The van der Waals surface area contributed by atoms with Crippen LogP contribution in [-0.4, -0.2) is 18.0 Å². The molecular weight excluding hydrogens is 262 g/mol. The van der Waals surface area contributed by atoms with Gasteiger partial charge >= 0.3 is 0 Å². The number of hydrogen-bond donors (Lipinski definition) is 1. The van der Waals surface area contributed by atoms with Gasteiger partial charge in [-0.15, -0.1) is 0 Å². The molecule has 0 unspecified atom stereocenters. The molecule has 0 aliphatic heterocycles. The fraction of sp³-hybridized carbons (Fsp3) is 0.353. The highest BCUT2D eigenvalue weighted by atomic mass is 16.3. The van der Waals surface area contributed by atoms with Gasteiger partial charge in [0.05, 0.1) is 6.54 Å². The number of hydrogen-bond acceptors (Lipinski definition) is 4. The molecule has 4 nitrogen and oxygen atoms in total. The highest BCUT2D eigenvalue weighted by molar-refractivity contribution is 5.51. The van der Waals surface area contributed by atoms with Crippen LogP contribution in [0, 0.1) is 11.3 Å². The van der Waals surface area contributed by atoms with E-state index in [1.165, 1.54) is 5.56 Å². The third-order valence-electron chi connectivity index (χ3n) is 3.53. The van der Waals surface area contributed by atoms with Crippen molar-refractivity contribution in [3.05, 3.63) is 53.5 Å². The molecule has 0 saturated heterocycles. The summed E-state index contributed by atoms with van der Waals surface area (Å²) in [6.45, 7) is 7.93. The molecule has 1 aromatic heterocycles. The van der Waals surface area contributed by atoms with Crippen LogP contribution in [0.15, 0.2) is 40.8 Å². The Balaban J connectivity index is 2.04. The van der Waals surface area contributed by atoms with Gasteiger partial charge in [0.2, 0.25) is 5.76 Å². The quantitative estimate of drug-likeness (QED) is 0.843. The topological polar surface area (TPSA) is 52.2 Å². The van der Waals surface area contributed by atoms with Gasteiger partial charge in [0.15, 0.2) is 0 Å². The number of benzene rings is 1. The highest BCUT2D eigenvalue weighted by Gasteiger charge is 2.07. The van der Waals surface area contributed by atoms with Crippen molar-refractivity contribution >= 4 is 5.69 Å². The molecule has 1 heterocycles. The third kappa shape index (κ3) is 4.11. The van der Waals surface area contributed by atoms with Crippen LogP contribution in [-0.2, 0) is 13.1 Å². The van der Waals surface area contributed by atoms with Crippen molar-refractivity contribution in [1.82, 2.24) is 4.90 Å². The molecule has 1 N–H and O–H groups in total. The number of para-hydroxylation sites is 1. The second-order valence-corrected chi connectivity index (χ2v) is 4.85. The lowest BCUT2D eigenvalue weighted by molar-refractivity contribution is 0.296. The number of nitriles is 1. The molecular formula is C17H21N3O. The summed E-state index contributed by atoms with van der Waals surface area (Å²) in [7, 11) is 0. The first-order chi connectivity index (χ1) is 10.3. The van der Waals surface area contributed by atoms with Crippen LogP contribution >= 0.6 is 0 Å². The predicted molar refractivity (Wildman–Crippen MR) is 83.8 cm³/mol. The molecule has 0 amide bonds. The molecule has 1 aromatic carbocycles. The van der Waals surface area contributed by atoms with Crippen molar-refractivity contribution in [2.75, 3.05) is 18.4 Å². The van der Waals surface area contributed by atoms with Crippen LogP contribution < -0.4 is 5.32 Å². The lowest BCUT2D eigenvalue weighted by Gasteiger charge is -2.20.